The van der Waals surface area contributed by atoms with E-state index in [1.807, 2.05) is 36.4 Å². The molecule has 4 nitrogen and oxygen atoms in total. The molecule has 0 radical (unpaired) electrons. The van der Waals surface area contributed by atoms with Gasteiger partial charge in [-0.25, -0.2) is 4.98 Å². The lowest BCUT2D eigenvalue weighted by Gasteiger charge is -2.12. The fraction of sp³-hybridized carbons (Fsp3) is 0.267. The number of pyridine rings is 1. The molecule has 0 amide bonds. The molecule has 4 heteroatoms. The van der Waals surface area contributed by atoms with Crippen molar-refractivity contribution in [1.29, 1.82) is 0 Å². The molecule has 1 heterocycles. The largest absolute Gasteiger partial charge is 0.493 e. The third-order valence-electron chi connectivity index (χ3n) is 2.78. The second-order valence-electron chi connectivity index (χ2n) is 4.40. The summed E-state index contributed by atoms with van der Waals surface area (Å²) >= 11 is 0. The molecular formula is C15H18N2O2. The number of para-hydroxylation sites is 1. The van der Waals surface area contributed by atoms with Gasteiger partial charge in [0.2, 0.25) is 0 Å². The zero-order valence-corrected chi connectivity index (χ0v) is 10.7. The number of hydrogen-bond donors (Lipinski definition) is 2. The van der Waals surface area contributed by atoms with E-state index in [2.05, 4.69) is 4.98 Å². The minimum Gasteiger partial charge on any atom is -0.493 e. The molecule has 0 aliphatic rings. The van der Waals surface area contributed by atoms with E-state index in [4.69, 9.17) is 10.5 Å². The Hall–Kier alpha value is -2.07. The van der Waals surface area contributed by atoms with Crippen LogP contribution in [0, 0.1) is 0 Å². The maximum atomic E-state index is 9.93. The van der Waals surface area contributed by atoms with Crippen molar-refractivity contribution in [2.24, 2.45) is 0 Å². The number of aliphatic hydroxyl groups is 1. The number of hydrogen-bond acceptors (Lipinski definition) is 4. The van der Waals surface area contributed by atoms with E-state index in [0.717, 1.165) is 11.3 Å². The van der Waals surface area contributed by atoms with Gasteiger partial charge in [-0.1, -0.05) is 18.2 Å². The topological polar surface area (TPSA) is 68.4 Å². The molecule has 19 heavy (non-hydrogen) atoms. The van der Waals surface area contributed by atoms with Crippen LogP contribution in [0.15, 0.2) is 48.7 Å². The quantitative estimate of drug-likeness (QED) is 0.832. The summed E-state index contributed by atoms with van der Waals surface area (Å²) in [6.45, 7) is 0.492. The molecule has 2 aromatic rings. The number of anilines is 1. The smallest absolute Gasteiger partial charge is 0.123 e. The summed E-state index contributed by atoms with van der Waals surface area (Å²) in [7, 11) is 0. The highest BCUT2D eigenvalue weighted by Crippen LogP contribution is 2.11. The number of benzene rings is 1. The van der Waals surface area contributed by atoms with Gasteiger partial charge >= 0.3 is 0 Å². The van der Waals surface area contributed by atoms with Crippen LogP contribution in [0.5, 0.6) is 5.75 Å². The Morgan fingerprint density at radius 1 is 1.21 bits per heavy atom. The standard InChI is InChI=1S/C15H18N2O2/c16-15-11-12(6-8-17-15)10-13(18)7-9-19-14-4-2-1-3-5-14/h1-6,8,11,13,18H,7,9-10H2,(H2,16,17). The summed E-state index contributed by atoms with van der Waals surface area (Å²) in [6.07, 6.45) is 2.35. The maximum Gasteiger partial charge on any atom is 0.123 e. The average Bonchev–Trinajstić information content (AvgIpc) is 2.40. The van der Waals surface area contributed by atoms with Gasteiger partial charge in [-0.05, 0) is 36.2 Å². The first-order chi connectivity index (χ1) is 9.24. The van der Waals surface area contributed by atoms with Gasteiger partial charge in [-0.2, -0.15) is 0 Å². The minimum atomic E-state index is -0.439. The molecule has 1 unspecified atom stereocenters. The molecule has 0 aliphatic heterocycles. The lowest BCUT2D eigenvalue weighted by Crippen LogP contribution is -2.15. The van der Waals surface area contributed by atoms with Gasteiger partial charge < -0.3 is 15.6 Å². The van der Waals surface area contributed by atoms with Crippen LogP contribution in [-0.2, 0) is 6.42 Å². The number of ether oxygens (including phenoxy) is 1. The highest BCUT2D eigenvalue weighted by Gasteiger charge is 2.06. The number of nitrogens with two attached hydrogens (primary N) is 1. The summed E-state index contributed by atoms with van der Waals surface area (Å²) in [5, 5.41) is 9.93. The first kappa shape index (κ1) is 13.4. The highest BCUT2D eigenvalue weighted by atomic mass is 16.5. The van der Waals surface area contributed by atoms with E-state index in [-0.39, 0.29) is 0 Å². The molecule has 1 aromatic heterocycles. The minimum absolute atomic E-state index is 0.439. The average molecular weight is 258 g/mol. The number of nitrogens with zero attached hydrogens (tertiary/aromatic N) is 1. The number of aromatic nitrogens is 1. The molecule has 0 aliphatic carbocycles. The Balaban J connectivity index is 1.74. The van der Waals surface area contributed by atoms with Crippen LogP contribution in [0.4, 0.5) is 5.82 Å². The van der Waals surface area contributed by atoms with Gasteiger partial charge in [0.25, 0.3) is 0 Å². The normalized spacial score (nSPS) is 12.1. The lowest BCUT2D eigenvalue weighted by atomic mass is 10.1. The second kappa shape index (κ2) is 6.75. The van der Waals surface area contributed by atoms with E-state index in [1.165, 1.54) is 0 Å². The third-order valence-corrected chi connectivity index (χ3v) is 2.78. The summed E-state index contributed by atoms with van der Waals surface area (Å²) in [6, 6.07) is 13.2. The van der Waals surface area contributed by atoms with Gasteiger partial charge in [0, 0.05) is 12.6 Å². The number of aliphatic hydroxyl groups excluding tert-OH is 1. The van der Waals surface area contributed by atoms with E-state index in [0.29, 0.717) is 25.3 Å². The van der Waals surface area contributed by atoms with Crippen molar-refractivity contribution in [2.45, 2.75) is 18.9 Å². The van der Waals surface area contributed by atoms with Crippen LogP contribution >= 0.6 is 0 Å². The van der Waals surface area contributed by atoms with Gasteiger partial charge in [0.15, 0.2) is 0 Å². The van der Waals surface area contributed by atoms with Crippen molar-refractivity contribution >= 4 is 5.82 Å². The predicted octanol–water partition coefficient (Wildman–Crippen LogP) is 2.04. The van der Waals surface area contributed by atoms with Gasteiger partial charge in [0.1, 0.15) is 11.6 Å². The van der Waals surface area contributed by atoms with Crippen molar-refractivity contribution in [3.63, 3.8) is 0 Å². The zero-order valence-electron chi connectivity index (χ0n) is 10.7. The fourth-order valence-corrected chi connectivity index (χ4v) is 1.83. The van der Waals surface area contributed by atoms with Gasteiger partial charge in [0.05, 0.1) is 12.7 Å². The SMILES string of the molecule is Nc1cc(CC(O)CCOc2ccccc2)ccn1. The van der Waals surface area contributed by atoms with E-state index in [9.17, 15) is 5.11 Å². The van der Waals surface area contributed by atoms with Gasteiger partial charge in [-0.3, -0.25) is 0 Å². The van der Waals surface area contributed by atoms with Crippen LogP contribution in [0.25, 0.3) is 0 Å². The predicted molar refractivity (Wildman–Crippen MR) is 74.9 cm³/mol. The summed E-state index contributed by atoms with van der Waals surface area (Å²) in [4.78, 5) is 3.92. The summed E-state index contributed by atoms with van der Waals surface area (Å²) in [5.41, 5.74) is 6.58. The Labute approximate surface area is 112 Å². The molecule has 0 fully saturated rings. The van der Waals surface area contributed by atoms with Crippen LogP contribution in [0.2, 0.25) is 0 Å². The van der Waals surface area contributed by atoms with Crippen molar-refractivity contribution < 1.29 is 9.84 Å². The maximum absolute atomic E-state index is 9.93. The Kier molecular flexibility index (Phi) is 4.75. The number of rotatable bonds is 6. The van der Waals surface area contributed by atoms with E-state index < -0.39 is 6.10 Å². The molecule has 3 N–H and O–H groups in total. The van der Waals surface area contributed by atoms with Crippen LogP contribution < -0.4 is 10.5 Å². The van der Waals surface area contributed by atoms with Crippen LogP contribution in [0.3, 0.4) is 0 Å². The van der Waals surface area contributed by atoms with Crippen molar-refractivity contribution in [2.75, 3.05) is 12.3 Å². The molecule has 1 aromatic carbocycles. The number of nitrogen functional groups attached to an aromatic ring is 1. The van der Waals surface area contributed by atoms with Crippen LogP contribution in [-0.4, -0.2) is 22.8 Å². The molecule has 100 valence electrons. The highest BCUT2D eigenvalue weighted by molar-refractivity contribution is 5.32. The molecule has 0 bridgehead atoms. The molecule has 0 saturated carbocycles. The van der Waals surface area contributed by atoms with E-state index in [1.54, 1.807) is 12.3 Å². The first-order valence-corrected chi connectivity index (χ1v) is 6.30. The molecule has 0 saturated heterocycles. The molecular weight excluding hydrogens is 240 g/mol. The lowest BCUT2D eigenvalue weighted by molar-refractivity contribution is 0.139. The van der Waals surface area contributed by atoms with E-state index >= 15 is 0 Å². The van der Waals surface area contributed by atoms with Crippen molar-refractivity contribution in [3.8, 4) is 5.75 Å². The monoisotopic (exact) mass is 258 g/mol. The Bertz CT molecular complexity index is 503. The molecule has 1 atom stereocenters. The first-order valence-electron chi connectivity index (χ1n) is 6.30. The molecule has 2 rings (SSSR count). The Morgan fingerprint density at radius 3 is 2.74 bits per heavy atom. The fourth-order valence-electron chi connectivity index (χ4n) is 1.83. The second-order valence-corrected chi connectivity index (χ2v) is 4.40. The summed E-state index contributed by atoms with van der Waals surface area (Å²) in [5.74, 6) is 1.30. The third kappa shape index (κ3) is 4.60. The Morgan fingerprint density at radius 2 is 2.00 bits per heavy atom. The van der Waals surface area contributed by atoms with Crippen LogP contribution in [0.1, 0.15) is 12.0 Å². The van der Waals surface area contributed by atoms with Gasteiger partial charge in [-0.15, -0.1) is 0 Å². The van der Waals surface area contributed by atoms with Crippen molar-refractivity contribution in [3.05, 3.63) is 54.2 Å². The zero-order chi connectivity index (χ0) is 13.5. The summed E-state index contributed by atoms with van der Waals surface area (Å²) < 4.78 is 5.54. The molecule has 0 spiro atoms. The van der Waals surface area contributed by atoms with Crippen molar-refractivity contribution in [1.82, 2.24) is 4.98 Å².